The topological polar surface area (TPSA) is 26.7 Å². The molecule has 20 heavy (non-hydrogen) atoms. The van der Waals surface area contributed by atoms with E-state index >= 15 is 0 Å². The summed E-state index contributed by atoms with van der Waals surface area (Å²) in [7, 11) is 0. The Balaban J connectivity index is 1.93. The maximum absolute atomic E-state index is 9.83. The Morgan fingerprint density at radius 3 is 2.10 bits per heavy atom. The fourth-order valence-electron chi connectivity index (χ4n) is 2.82. The number of rotatable bonds is 5. The van der Waals surface area contributed by atoms with Crippen LogP contribution in [0.4, 0.5) is 5.69 Å². The smallest absolute Gasteiger partial charge is 0.0787 e. The molecule has 0 radical (unpaired) electrons. The summed E-state index contributed by atoms with van der Waals surface area (Å²) < 4.78 is 0. The Kier molecular flexibility index (Phi) is 5.44. The second kappa shape index (κ2) is 7.09. The van der Waals surface area contributed by atoms with Crippen LogP contribution in [0, 0.1) is 0 Å². The first-order chi connectivity index (χ1) is 9.65. The third-order valence-electron chi connectivity index (χ3n) is 4.56. The van der Waals surface area contributed by atoms with E-state index in [1.165, 1.54) is 12.1 Å². The predicted octanol–water partition coefficient (Wildman–Crippen LogP) is 3.05. The normalized spacial score (nSPS) is 19.9. The summed E-state index contributed by atoms with van der Waals surface area (Å²) in [5, 5.41) is 9.83. The van der Waals surface area contributed by atoms with Crippen molar-refractivity contribution in [1.29, 1.82) is 0 Å². The molecule has 1 aliphatic rings. The quantitative estimate of drug-likeness (QED) is 0.895. The summed E-state index contributed by atoms with van der Waals surface area (Å²) in [5.74, 6) is 0. The summed E-state index contributed by atoms with van der Waals surface area (Å²) in [6, 6.07) is 9.11. The van der Waals surface area contributed by atoms with Gasteiger partial charge in [0, 0.05) is 37.9 Å². The Hall–Kier alpha value is -1.06. The molecule has 0 bridgehead atoms. The Morgan fingerprint density at radius 2 is 1.60 bits per heavy atom. The zero-order valence-corrected chi connectivity index (χ0v) is 13.0. The molecule has 1 unspecified atom stereocenters. The number of anilines is 1. The summed E-state index contributed by atoms with van der Waals surface area (Å²) in [4.78, 5) is 5.02. The second-order valence-corrected chi connectivity index (χ2v) is 5.80. The molecule has 112 valence electrons. The van der Waals surface area contributed by atoms with Gasteiger partial charge in [0.1, 0.15) is 0 Å². The number of nitrogens with zero attached hydrogens (tertiary/aromatic N) is 2. The van der Waals surface area contributed by atoms with Crippen LogP contribution in [0.25, 0.3) is 0 Å². The maximum Gasteiger partial charge on any atom is 0.0787 e. The molecule has 2 rings (SSSR count). The van der Waals surface area contributed by atoms with E-state index in [0.717, 1.165) is 38.2 Å². The molecule has 1 aromatic carbocycles. The van der Waals surface area contributed by atoms with Crippen molar-refractivity contribution in [1.82, 2.24) is 4.90 Å². The van der Waals surface area contributed by atoms with Crippen molar-refractivity contribution in [2.45, 2.75) is 45.8 Å². The molecule has 3 heteroatoms. The minimum atomic E-state index is -0.327. The number of benzene rings is 1. The summed E-state index contributed by atoms with van der Waals surface area (Å²) in [6.45, 7) is 11.1. The minimum absolute atomic E-state index is 0.327. The number of aliphatic hydroxyl groups excluding tert-OH is 1. The van der Waals surface area contributed by atoms with Gasteiger partial charge in [-0.2, -0.15) is 0 Å². The van der Waals surface area contributed by atoms with Gasteiger partial charge in [-0.1, -0.05) is 26.0 Å². The molecular formula is C17H28N2O. The zero-order valence-electron chi connectivity index (χ0n) is 13.0. The third kappa shape index (κ3) is 3.53. The standard InChI is InChI=1S/C17H28N2O/c1-4-14(3)18-10-12-19(13-11-18)16-8-6-15(7-9-16)17(20)5-2/h6-9,14,17,20H,4-5,10-13H2,1-3H3/t14?,17-/m0/s1. The molecule has 1 fully saturated rings. The molecule has 1 aromatic rings. The Bertz CT molecular complexity index is 396. The first-order valence-corrected chi connectivity index (χ1v) is 7.92. The van der Waals surface area contributed by atoms with Crippen LogP contribution >= 0.6 is 0 Å². The van der Waals surface area contributed by atoms with E-state index in [4.69, 9.17) is 0 Å². The second-order valence-electron chi connectivity index (χ2n) is 5.80. The Labute approximate surface area is 123 Å². The van der Waals surface area contributed by atoms with Crippen LogP contribution in [0.15, 0.2) is 24.3 Å². The van der Waals surface area contributed by atoms with Crippen LogP contribution in [0.5, 0.6) is 0 Å². The highest BCUT2D eigenvalue weighted by atomic mass is 16.3. The lowest BCUT2D eigenvalue weighted by molar-refractivity contribution is 0.173. The van der Waals surface area contributed by atoms with Crippen LogP contribution in [0.1, 0.15) is 45.3 Å². The maximum atomic E-state index is 9.83. The van der Waals surface area contributed by atoms with E-state index in [1.807, 2.05) is 6.92 Å². The molecule has 1 N–H and O–H groups in total. The van der Waals surface area contributed by atoms with Gasteiger partial charge in [0.25, 0.3) is 0 Å². The van der Waals surface area contributed by atoms with Crippen LogP contribution in [-0.4, -0.2) is 42.2 Å². The van der Waals surface area contributed by atoms with Crippen LogP contribution < -0.4 is 4.90 Å². The lowest BCUT2D eigenvalue weighted by Gasteiger charge is -2.39. The van der Waals surface area contributed by atoms with Gasteiger partial charge < -0.3 is 10.0 Å². The lowest BCUT2D eigenvalue weighted by Crippen LogP contribution is -2.49. The van der Waals surface area contributed by atoms with Crippen molar-refractivity contribution in [2.24, 2.45) is 0 Å². The fourth-order valence-corrected chi connectivity index (χ4v) is 2.82. The molecule has 1 saturated heterocycles. The lowest BCUT2D eigenvalue weighted by atomic mass is 10.1. The molecule has 2 atom stereocenters. The molecule has 0 amide bonds. The molecule has 0 saturated carbocycles. The van der Waals surface area contributed by atoms with Crippen molar-refractivity contribution in [3.8, 4) is 0 Å². The highest BCUT2D eigenvalue weighted by Crippen LogP contribution is 2.22. The molecule has 1 heterocycles. The highest BCUT2D eigenvalue weighted by Gasteiger charge is 2.20. The van der Waals surface area contributed by atoms with Gasteiger partial charge in [0.2, 0.25) is 0 Å². The van der Waals surface area contributed by atoms with E-state index in [9.17, 15) is 5.11 Å². The van der Waals surface area contributed by atoms with E-state index in [-0.39, 0.29) is 6.10 Å². The van der Waals surface area contributed by atoms with Crippen molar-refractivity contribution in [2.75, 3.05) is 31.1 Å². The van der Waals surface area contributed by atoms with Gasteiger partial charge in [0.05, 0.1) is 6.10 Å². The average Bonchev–Trinajstić information content (AvgIpc) is 2.53. The fraction of sp³-hybridized carbons (Fsp3) is 0.647. The number of hydrogen-bond donors (Lipinski definition) is 1. The predicted molar refractivity (Wildman–Crippen MR) is 85.2 cm³/mol. The SMILES string of the molecule is CCC(C)N1CCN(c2ccc([C@@H](O)CC)cc2)CC1. The molecule has 0 aliphatic carbocycles. The summed E-state index contributed by atoms with van der Waals surface area (Å²) in [6.07, 6.45) is 1.67. The number of aliphatic hydroxyl groups is 1. The van der Waals surface area contributed by atoms with Gasteiger partial charge in [-0.05, 0) is 37.5 Å². The third-order valence-corrected chi connectivity index (χ3v) is 4.56. The molecule has 0 aromatic heterocycles. The number of piperazine rings is 1. The van der Waals surface area contributed by atoms with E-state index in [1.54, 1.807) is 0 Å². The van der Waals surface area contributed by atoms with Gasteiger partial charge in [-0.15, -0.1) is 0 Å². The largest absolute Gasteiger partial charge is 0.388 e. The van der Waals surface area contributed by atoms with Crippen LogP contribution in [0.3, 0.4) is 0 Å². The minimum Gasteiger partial charge on any atom is -0.388 e. The van der Waals surface area contributed by atoms with Crippen molar-refractivity contribution < 1.29 is 5.11 Å². The van der Waals surface area contributed by atoms with Gasteiger partial charge >= 0.3 is 0 Å². The molecule has 3 nitrogen and oxygen atoms in total. The van der Waals surface area contributed by atoms with E-state index in [0.29, 0.717) is 6.04 Å². The van der Waals surface area contributed by atoms with Crippen LogP contribution in [-0.2, 0) is 0 Å². The van der Waals surface area contributed by atoms with Crippen LogP contribution in [0.2, 0.25) is 0 Å². The highest BCUT2D eigenvalue weighted by molar-refractivity contribution is 5.48. The van der Waals surface area contributed by atoms with Gasteiger partial charge in [-0.25, -0.2) is 0 Å². The van der Waals surface area contributed by atoms with Gasteiger partial charge in [-0.3, -0.25) is 4.90 Å². The Morgan fingerprint density at radius 1 is 1.00 bits per heavy atom. The molecular weight excluding hydrogens is 248 g/mol. The van der Waals surface area contributed by atoms with Crippen molar-refractivity contribution in [3.05, 3.63) is 29.8 Å². The average molecular weight is 276 g/mol. The van der Waals surface area contributed by atoms with Gasteiger partial charge in [0.15, 0.2) is 0 Å². The first kappa shape index (κ1) is 15.3. The number of hydrogen-bond acceptors (Lipinski definition) is 3. The molecule has 0 spiro atoms. The van der Waals surface area contributed by atoms with E-state index in [2.05, 4.69) is 47.9 Å². The van der Waals surface area contributed by atoms with E-state index < -0.39 is 0 Å². The summed E-state index contributed by atoms with van der Waals surface area (Å²) in [5.41, 5.74) is 2.30. The first-order valence-electron chi connectivity index (χ1n) is 7.92. The zero-order chi connectivity index (χ0) is 14.5. The van der Waals surface area contributed by atoms with Crippen molar-refractivity contribution in [3.63, 3.8) is 0 Å². The molecule has 1 aliphatic heterocycles. The monoisotopic (exact) mass is 276 g/mol. The summed E-state index contributed by atoms with van der Waals surface area (Å²) >= 11 is 0. The van der Waals surface area contributed by atoms with Crippen molar-refractivity contribution >= 4 is 5.69 Å².